The fourth-order valence-corrected chi connectivity index (χ4v) is 0.437. The number of hydrogen-bond donors (Lipinski definition) is 0. The van der Waals surface area contributed by atoms with Gasteiger partial charge in [0.1, 0.15) is 0 Å². The van der Waals surface area contributed by atoms with Crippen LogP contribution >= 0.6 is 0 Å². The lowest BCUT2D eigenvalue weighted by Crippen LogP contribution is -1.91. The van der Waals surface area contributed by atoms with Crippen LogP contribution in [0.3, 0.4) is 0 Å². The van der Waals surface area contributed by atoms with Crippen LogP contribution in [0.25, 0.3) is 6.20 Å². The average Bonchev–Trinajstić information content (AvgIpc) is 2.34. The van der Waals surface area contributed by atoms with Gasteiger partial charge in [0.05, 0.1) is 0 Å². The first-order valence-corrected chi connectivity index (χ1v) is 2.42. The van der Waals surface area contributed by atoms with Crippen molar-refractivity contribution in [3.63, 3.8) is 0 Å². The van der Waals surface area contributed by atoms with Gasteiger partial charge in [-0.25, -0.2) is 0 Å². The normalized spacial score (nSPS) is 9.20. The Bertz CT molecular complexity index is 266. The van der Waals surface area contributed by atoms with Gasteiger partial charge in [0.15, 0.2) is 0 Å². The van der Waals surface area contributed by atoms with E-state index in [1.807, 2.05) is 0 Å². The van der Waals surface area contributed by atoms with Crippen molar-refractivity contribution in [2.45, 2.75) is 0 Å². The van der Waals surface area contributed by atoms with Gasteiger partial charge in [-0.05, 0) is 4.92 Å². The van der Waals surface area contributed by atoms with Gasteiger partial charge in [-0.15, -0.1) is 4.68 Å². The molecule has 6 nitrogen and oxygen atoms in total. The van der Waals surface area contributed by atoms with Crippen molar-refractivity contribution in [3.8, 4) is 0 Å². The van der Waals surface area contributed by atoms with Crippen molar-refractivity contribution in [1.29, 1.82) is 0 Å². The maximum absolute atomic E-state index is 9.96. The molecule has 0 fully saturated rings. The fourth-order valence-electron chi connectivity index (χ4n) is 0.437. The number of aromatic nitrogens is 3. The standard InChI is InChI=1S/C4H4N4O2/c1-2-7-3-5-4(6-7)8(9)10/h2-3H,1H2. The summed E-state index contributed by atoms with van der Waals surface area (Å²) in [7, 11) is 0. The van der Waals surface area contributed by atoms with Crippen LogP contribution in [0.4, 0.5) is 5.95 Å². The Morgan fingerprint density at radius 1 is 1.90 bits per heavy atom. The first-order chi connectivity index (χ1) is 4.74. The molecule has 0 aliphatic rings. The molecule has 0 amide bonds. The Kier molecular flexibility index (Phi) is 1.44. The Labute approximate surface area is 56.0 Å². The minimum atomic E-state index is -0.667. The lowest BCUT2D eigenvalue weighted by atomic mass is 11.0. The van der Waals surface area contributed by atoms with Crippen molar-refractivity contribution in [1.82, 2.24) is 14.8 Å². The third-order valence-corrected chi connectivity index (χ3v) is 0.847. The fraction of sp³-hybridized carbons (Fsp3) is 0. The van der Waals surface area contributed by atoms with E-state index in [1.54, 1.807) is 0 Å². The first-order valence-electron chi connectivity index (χ1n) is 2.42. The van der Waals surface area contributed by atoms with Crippen molar-refractivity contribution in [2.75, 3.05) is 0 Å². The molecule has 0 aromatic carbocycles. The van der Waals surface area contributed by atoms with Gasteiger partial charge in [-0.1, -0.05) is 11.6 Å². The minimum absolute atomic E-state index is 0.417. The molecule has 0 radical (unpaired) electrons. The zero-order valence-corrected chi connectivity index (χ0v) is 4.97. The molecule has 1 aromatic heterocycles. The van der Waals surface area contributed by atoms with Crippen LogP contribution in [0, 0.1) is 10.1 Å². The summed E-state index contributed by atoms with van der Waals surface area (Å²) in [5.41, 5.74) is 0. The predicted octanol–water partition coefficient (Wildman–Crippen LogP) is 0.287. The lowest BCUT2D eigenvalue weighted by molar-refractivity contribution is -0.394. The molecule has 0 spiro atoms. The Morgan fingerprint density at radius 3 is 2.90 bits per heavy atom. The van der Waals surface area contributed by atoms with Crippen LogP contribution in [0.2, 0.25) is 0 Å². The topological polar surface area (TPSA) is 73.8 Å². The van der Waals surface area contributed by atoms with Crippen LogP contribution in [0.15, 0.2) is 12.9 Å². The summed E-state index contributed by atoms with van der Waals surface area (Å²) in [5.74, 6) is -0.417. The van der Waals surface area contributed by atoms with Gasteiger partial charge in [-0.2, -0.15) is 0 Å². The molecule has 0 aliphatic carbocycles. The second-order valence-corrected chi connectivity index (χ2v) is 1.46. The minimum Gasteiger partial charge on any atom is -0.390 e. The van der Waals surface area contributed by atoms with Crippen molar-refractivity contribution in [3.05, 3.63) is 23.0 Å². The Hall–Kier alpha value is -1.72. The molecule has 0 bridgehead atoms. The third-order valence-electron chi connectivity index (χ3n) is 0.847. The first kappa shape index (κ1) is 6.40. The van der Waals surface area contributed by atoms with Gasteiger partial charge >= 0.3 is 5.95 Å². The summed E-state index contributed by atoms with van der Waals surface area (Å²) in [4.78, 5) is 12.7. The van der Waals surface area contributed by atoms with Crippen LogP contribution < -0.4 is 0 Å². The molecule has 1 aromatic rings. The summed E-state index contributed by atoms with van der Waals surface area (Å²) < 4.78 is 1.16. The molecule has 1 heterocycles. The highest BCUT2D eigenvalue weighted by Gasteiger charge is 2.10. The SMILES string of the molecule is C=Cn1cnc([N+](=O)[O-])n1. The van der Waals surface area contributed by atoms with Gasteiger partial charge in [0.2, 0.25) is 6.33 Å². The lowest BCUT2D eigenvalue weighted by Gasteiger charge is -1.82. The molecule has 0 aliphatic heterocycles. The molecule has 10 heavy (non-hydrogen) atoms. The molecule has 0 atom stereocenters. The van der Waals surface area contributed by atoms with E-state index >= 15 is 0 Å². The van der Waals surface area contributed by atoms with E-state index < -0.39 is 10.9 Å². The largest absolute Gasteiger partial charge is 0.491 e. The van der Waals surface area contributed by atoms with E-state index in [0.717, 1.165) is 4.68 Å². The monoisotopic (exact) mass is 140 g/mol. The molecule has 1 rings (SSSR count). The zero-order valence-electron chi connectivity index (χ0n) is 4.97. The molecule has 0 N–H and O–H groups in total. The molecule has 0 saturated carbocycles. The van der Waals surface area contributed by atoms with E-state index in [1.165, 1.54) is 12.5 Å². The molecular weight excluding hydrogens is 136 g/mol. The van der Waals surface area contributed by atoms with Crippen molar-refractivity contribution in [2.24, 2.45) is 0 Å². The van der Waals surface area contributed by atoms with E-state index in [-0.39, 0.29) is 0 Å². The van der Waals surface area contributed by atoms with Crippen LogP contribution in [0.1, 0.15) is 0 Å². The number of rotatable bonds is 2. The van der Waals surface area contributed by atoms with Gasteiger partial charge in [0.25, 0.3) is 0 Å². The van der Waals surface area contributed by atoms with E-state index in [2.05, 4.69) is 16.7 Å². The summed E-state index contributed by atoms with van der Waals surface area (Å²) in [6, 6.07) is 0. The molecule has 52 valence electrons. The van der Waals surface area contributed by atoms with Gasteiger partial charge in [-0.3, -0.25) is 0 Å². The zero-order chi connectivity index (χ0) is 7.56. The number of nitro groups is 1. The summed E-state index contributed by atoms with van der Waals surface area (Å²) in [6.07, 6.45) is 2.53. The van der Waals surface area contributed by atoms with E-state index in [0.29, 0.717) is 0 Å². The highest BCUT2D eigenvalue weighted by atomic mass is 16.6. The maximum atomic E-state index is 9.96. The maximum Gasteiger partial charge on any atom is 0.491 e. The summed E-state index contributed by atoms with van der Waals surface area (Å²) in [6.45, 7) is 3.34. The number of nitrogens with zero attached hydrogens (tertiary/aromatic N) is 4. The highest BCUT2D eigenvalue weighted by Crippen LogP contribution is 1.98. The van der Waals surface area contributed by atoms with Gasteiger partial charge < -0.3 is 10.1 Å². The van der Waals surface area contributed by atoms with Crippen LogP contribution in [-0.4, -0.2) is 19.7 Å². The second kappa shape index (κ2) is 2.26. The summed E-state index contributed by atoms with van der Waals surface area (Å²) >= 11 is 0. The third kappa shape index (κ3) is 0.993. The quantitative estimate of drug-likeness (QED) is 0.437. The van der Waals surface area contributed by atoms with E-state index in [9.17, 15) is 10.1 Å². The smallest absolute Gasteiger partial charge is 0.390 e. The van der Waals surface area contributed by atoms with E-state index in [4.69, 9.17) is 0 Å². The molecule has 0 saturated heterocycles. The van der Waals surface area contributed by atoms with Crippen LogP contribution in [0.5, 0.6) is 0 Å². The average molecular weight is 140 g/mol. The predicted molar refractivity (Wildman–Crippen MR) is 33.1 cm³/mol. The molecule has 6 heteroatoms. The summed E-state index contributed by atoms with van der Waals surface area (Å²) in [5, 5.41) is 13.4. The van der Waals surface area contributed by atoms with Crippen LogP contribution in [-0.2, 0) is 0 Å². The highest BCUT2D eigenvalue weighted by molar-refractivity contribution is 5.14. The number of hydrogen-bond acceptors (Lipinski definition) is 4. The Morgan fingerprint density at radius 2 is 2.60 bits per heavy atom. The Balaban J connectivity index is 2.98. The van der Waals surface area contributed by atoms with Gasteiger partial charge in [0, 0.05) is 11.3 Å². The molecule has 0 unspecified atom stereocenters. The second-order valence-electron chi connectivity index (χ2n) is 1.46. The van der Waals surface area contributed by atoms with Crippen molar-refractivity contribution >= 4 is 12.1 Å². The van der Waals surface area contributed by atoms with Crippen molar-refractivity contribution < 1.29 is 4.92 Å². The molecular formula is C4H4N4O2.